The molecule has 0 fully saturated rings. The standard InChI is InChI=1S/C10H15FN2/c1-2-4-8(12)7-10-9(11)5-3-6-13-10/h3,5-6,8H,2,4,7,12H2,1H3. The Labute approximate surface area is 78.0 Å². The molecule has 2 nitrogen and oxygen atoms in total. The van der Waals surface area contributed by atoms with Crippen molar-refractivity contribution in [2.24, 2.45) is 5.73 Å². The molecule has 0 aliphatic carbocycles. The minimum Gasteiger partial charge on any atom is -0.327 e. The van der Waals surface area contributed by atoms with E-state index in [2.05, 4.69) is 11.9 Å². The van der Waals surface area contributed by atoms with Gasteiger partial charge in [-0.05, 0) is 18.6 Å². The Morgan fingerprint density at radius 3 is 3.00 bits per heavy atom. The molecule has 0 radical (unpaired) electrons. The number of nitrogens with two attached hydrogens (primary N) is 1. The topological polar surface area (TPSA) is 38.9 Å². The molecule has 1 aromatic heterocycles. The molecule has 3 heteroatoms. The van der Waals surface area contributed by atoms with Crippen LogP contribution in [0.25, 0.3) is 0 Å². The van der Waals surface area contributed by atoms with E-state index in [0.717, 1.165) is 12.8 Å². The molecule has 0 spiro atoms. The molecule has 1 atom stereocenters. The number of pyridine rings is 1. The number of hydrogen-bond acceptors (Lipinski definition) is 2. The molecule has 0 saturated heterocycles. The van der Waals surface area contributed by atoms with Crippen LogP contribution in [-0.2, 0) is 6.42 Å². The summed E-state index contributed by atoms with van der Waals surface area (Å²) in [5.41, 5.74) is 6.25. The largest absolute Gasteiger partial charge is 0.327 e. The molecule has 1 unspecified atom stereocenters. The van der Waals surface area contributed by atoms with Crippen LogP contribution in [0, 0.1) is 5.82 Å². The fourth-order valence-corrected chi connectivity index (χ4v) is 1.29. The number of nitrogens with zero attached hydrogens (tertiary/aromatic N) is 1. The summed E-state index contributed by atoms with van der Waals surface area (Å²) < 4.78 is 13.1. The molecule has 0 aliphatic heterocycles. The second kappa shape index (κ2) is 4.92. The maximum absolute atomic E-state index is 13.1. The van der Waals surface area contributed by atoms with Crippen LogP contribution in [-0.4, -0.2) is 11.0 Å². The molecule has 13 heavy (non-hydrogen) atoms. The lowest BCUT2D eigenvalue weighted by Crippen LogP contribution is -2.23. The third kappa shape index (κ3) is 3.11. The van der Waals surface area contributed by atoms with Crippen molar-refractivity contribution in [1.29, 1.82) is 0 Å². The summed E-state index contributed by atoms with van der Waals surface area (Å²) in [6.07, 6.45) is 4.06. The van der Waals surface area contributed by atoms with Gasteiger partial charge < -0.3 is 5.73 Å². The van der Waals surface area contributed by atoms with Crippen LogP contribution in [0.5, 0.6) is 0 Å². The Bertz CT molecular complexity index is 263. The third-order valence-electron chi connectivity index (χ3n) is 1.95. The van der Waals surface area contributed by atoms with Gasteiger partial charge in [0.1, 0.15) is 5.82 Å². The van der Waals surface area contributed by atoms with Gasteiger partial charge in [0.05, 0.1) is 5.69 Å². The maximum Gasteiger partial charge on any atom is 0.144 e. The average molecular weight is 182 g/mol. The van der Waals surface area contributed by atoms with E-state index in [-0.39, 0.29) is 11.9 Å². The van der Waals surface area contributed by atoms with Crippen molar-refractivity contribution >= 4 is 0 Å². The Kier molecular flexibility index (Phi) is 3.83. The van der Waals surface area contributed by atoms with E-state index >= 15 is 0 Å². The van der Waals surface area contributed by atoms with Crippen molar-refractivity contribution in [1.82, 2.24) is 4.98 Å². The first-order valence-corrected chi connectivity index (χ1v) is 4.59. The Hall–Kier alpha value is -0.960. The van der Waals surface area contributed by atoms with E-state index in [9.17, 15) is 4.39 Å². The summed E-state index contributed by atoms with van der Waals surface area (Å²) in [5, 5.41) is 0. The van der Waals surface area contributed by atoms with Gasteiger partial charge in [0.25, 0.3) is 0 Å². The van der Waals surface area contributed by atoms with Gasteiger partial charge in [-0.1, -0.05) is 13.3 Å². The lowest BCUT2D eigenvalue weighted by molar-refractivity contribution is 0.549. The number of halogens is 1. The van der Waals surface area contributed by atoms with E-state index in [1.54, 1.807) is 12.3 Å². The number of hydrogen-bond donors (Lipinski definition) is 1. The molecule has 1 heterocycles. The molecule has 1 rings (SSSR count). The molecule has 0 bridgehead atoms. The fourth-order valence-electron chi connectivity index (χ4n) is 1.29. The van der Waals surface area contributed by atoms with Gasteiger partial charge in [-0.3, -0.25) is 4.98 Å². The smallest absolute Gasteiger partial charge is 0.144 e. The lowest BCUT2D eigenvalue weighted by atomic mass is 10.1. The highest BCUT2D eigenvalue weighted by molar-refractivity contribution is 5.08. The van der Waals surface area contributed by atoms with Gasteiger partial charge in [-0.15, -0.1) is 0 Å². The molecule has 1 aromatic rings. The molecule has 0 aromatic carbocycles. The van der Waals surface area contributed by atoms with Crippen molar-refractivity contribution in [2.75, 3.05) is 0 Å². The van der Waals surface area contributed by atoms with Crippen molar-refractivity contribution < 1.29 is 4.39 Å². The fraction of sp³-hybridized carbons (Fsp3) is 0.500. The highest BCUT2D eigenvalue weighted by Gasteiger charge is 2.07. The first kappa shape index (κ1) is 10.1. The van der Waals surface area contributed by atoms with E-state index < -0.39 is 0 Å². The van der Waals surface area contributed by atoms with Gasteiger partial charge in [0.15, 0.2) is 0 Å². The molecule has 0 aliphatic rings. The van der Waals surface area contributed by atoms with E-state index in [4.69, 9.17) is 5.73 Å². The number of rotatable bonds is 4. The summed E-state index contributed by atoms with van der Waals surface area (Å²) in [5.74, 6) is -0.256. The normalized spacial score (nSPS) is 12.8. The van der Waals surface area contributed by atoms with Crippen LogP contribution < -0.4 is 5.73 Å². The average Bonchev–Trinajstić information content (AvgIpc) is 2.09. The van der Waals surface area contributed by atoms with Gasteiger partial charge in [-0.2, -0.15) is 0 Å². The maximum atomic E-state index is 13.1. The third-order valence-corrected chi connectivity index (χ3v) is 1.95. The summed E-state index contributed by atoms with van der Waals surface area (Å²) in [6.45, 7) is 2.06. The summed E-state index contributed by atoms with van der Waals surface area (Å²) in [6, 6.07) is 3.03. The van der Waals surface area contributed by atoms with Gasteiger partial charge in [0.2, 0.25) is 0 Å². The zero-order chi connectivity index (χ0) is 9.68. The predicted octanol–water partition coefficient (Wildman–Crippen LogP) is 1.89. The molecule has 2 N–H and O–H groups in total. The van der Waals surface area contributed by atoms with Gasteiger partial charge >= 0.3 is 0 Å². The Morgan fingerprint density at radius 2 is 2.38 bits per heavy atom. The first-order valence-electron chi connectivity index (χ1n) is 4.59. The van der Waals surface area contributed by atoms with Crippen LogP contribution in [0.4, 0.5) is 4.39 Å². The minimum atomic E-state index is -0.256. The van der Waals surface area contributed by atoms with Crippen molar-refractivity contribution in [3.05, 3.63) is 29.8 Å². The summed E-state index contributed by atoms with van der Waals surface area (Å²) in [4.78, 5) is 3.95. The highest BCUT2D eigenvalue weighted by atomic mass is 19.1. The van der Waals surface area contributed by atoms with E-state index in [1.807, 2.05) is 0 Å². The van der Waals surface area contributed by atoms with E-state index in [0.29, 0.717) is 12.1 Å². The van der Waals surface area contributed by atoms with Gasteiger partial charge in [0, 0.05) is 18.7 Å². The van der Waals surface area contributed by atoms with E-state index in [1.165, 1.54) is 6.07 Å². The second-order valence-corrected chi connectivity index (χ2v) is 3.18. The van der Waals surface area contributed by atoms with Crippen molar-refractivity contribution in [3.8, 4) is 0 Å². The summed E-state index contributed by atoms with van der Waals surface area (Å²) in [7, 11) is 0. The quantitative estimate of drug-likeness (QED) is 0.772. The molecule has 0 amide bonds. The van der Waals surface area contributed by atoms with Crippen LogP contribution in [0.2, 0.25) is 0 Å². The molecule has 0 saturated carbocycles. The SMILES string of the molecule is CCCC(N)Cc1ncccc1F. The molecular weight excluding hydrogens is 167 g/mol. The second-order valence-electron chi connectivity index (χ2n) is 3.18. The molecule has 72 valence electrons. The highest BCUT2D eigenvalue weighted by Crippen LogP contribution is 2.07. The van der Waals surface area contributed by atoms with Gasteiger partial charge in [-0.25, -0.2) is 4.39 Å². The summed E-state index contributed by atoms with van der Waals surface area (Å²) >= 11 is 0. The van der Waals surface area contributed by atoms with Crippen molar-refractivity contribution in [3.63, 3.8) is 0 Å². The minimum absolute atomic E-state index is 0.0226. The van der Waals surface area contributed by atoms with Crippen LogP contribution in [0.3, 0.4) is 0 Å². The monoisotopic (exact) mass is 182 g/mol. The molecular formula is C10H15FN2. The van der Waals surface area contributed by atoms with Crippen LogP contribution in [0.1, 0.15) is 25.5 Å². The lowest BCUT2D eigenvalue weighted by Gasteiger charge is -2.09. The predicted molar refractivity (Wildman–Crippen MR) is 50.8 cm³/mol. The van der Waals surface area contributed by atoms with Crippen LogP contribution in [0.15, 0.2) is 18.3 Å². The first-order chi connectivity index (χ1) is 6.24. The Morgan fingerprint density at radius 1 is 1.62 bits per heavy atom. The zero-order valence-electron chi connectivity index (χ0n) is 7.83. The van der Waals surface area contributed by atoms with Crippen LogP contribution >= 0.6 is 0 Å². The number of aromatic nitrogens is 1. The van der Waals surface area contributed by atoms with Crippen molar-refractivity contribution in [2.45, 2.75) is 32.2 Å². The Balaban J connectivity index is 2.58. The zero-order valence-corrected chi connectivity index (χ0v) is 7.83.